The SMILES string of the molecule is O=C(COC(=O)c1cc(S(=O)(=O)N2CCOCC2)ccc1Cl)Nc1ccc(F)cc1F. The number of carbonyl (C=O) groups is 2. The van der Waals surface area contributed by atoms with Gasteiger partial charge in [-0.05, 0) is 30.3 Å². The van der Waals surface area contributed by atoms with Crippen LogP contribution in [0, 0.1) is 11.6 Å². The second kappa shape index (κ2) is 9.69. The number of anilines is 1. The molecule has 0 radical (unpaired) electrons. The molecule has 1 fully saturated rings. The number of esters is 1. The Hall–Kier alpha value is -2.60. The van der Waals surface area contributed by atoms with E-state index >= 15 is 0 Å². The third kappa shape index (κ3) is 5.56. The average Bonchev–Trinajstić information content (AvgIpc) is 2.75. The predicted molar refractivity (Wildman–Crippen MR) is 106 cm³/mol. The van der Waals surface area contributed by atoms with Crippen LogP contribution in [0.4, 0.5) is 14.5 Å². The summed E-state index contributed by atoms with van der Waals surface area (Å²) in [4.78, 5) is 24.1. The molecule has 0 bridgehead atoms. The van der Waals surface area contributed by atoms with Crippen LogP contribution in [0.5, 0.6) is 0 Å². The van der Waals surface area contributed by atoms with Crippen LogP contribution in [-0.4, -0.2) is 57.5 Å². The average molecular weight is 475 g/mol. The minimum atomic E-state index is -3.88. The first kappa shape index (κ1) is 23.1. The van der Waals surface area contributed by atoms with Crippen molar-refractivity contribution in [2.75, 3.05) is 38.2 Å². The van der Waals surface area contributed by atoms with Crippen molar-refractivity contribution in [3.8, 4) is 0 Å². The molecule has 1 aliphatic heterocycles. The van der Waals surface area contributed by atoms with Crippen molar-refractivity contribution in [3.63, 3.8) is 0 Å². The number of rotatable bonds is 6. The van der Waals surface area contributed by atoms with E-state index in [2.05, 4.69) is 5.32 Å². The Labute approximate surface area is 181 Å². The van der Waals surface area contributed by atoms with Crippen molar-refractivity contribution in [2.24, 2.45) is 0 Å². The molecule has 166 valence electrons. The second-order valence-electron chi connectivity index (χ2n) is 6.41. The number of hydrogen-bond donors (Lipinski definition) is 1. The summed E-state index contributed by atoms with van der Waals surface area (Å²) in [6.07, 6.45) is 0. The quantitative estimate of drug-likeness (QED) is 0.645. The van der Waals surface area contributed by atoms with Crippen LogP contribution < -0.4 is 5.32 Å². The number of ether oxygens (including phenoxy) is 2. The number of amides is 1. The highest BCUT2D eigenvalue weighted by atomic mass is 35.5. The van der Waals surface area contributed by atoms with Crippen molar-refractivity contribution in [3.05, 3.63) is 58.6 Å². The van der Waals surface area contributed by atoms with E-state index in [9.17, 15) is 26.8 Å². The van der Waals surface area contributed by atoms with Gasteiger partial charge in [-0.1, -0.05) is 11.6 Å². The molecule has 0 atom stereocenters. The van der Waals surface area contributed by atoms with Gasteiger partial charge in [-0.2, -0.15) is 4.31 Å². The van der Waals surface area contributed by atoms with E-state index < -0.39 is 40.1 Å². The van der Waals surface area contributed by atoms with Crippen molar-refractivity contribution >= 4 is 39.2 Å². The monoisotopic (exact) mass is 474 g/mol. The Morgan fingerprint density at radius 3 is 2.52 bits per heavy atom. The molecule has 2 aromatic rings. The fraction of sp³-hybridized carbons (Fsp3) is 0.263. The molecule has 0 saturated carbocycles. The smallest absolute Gasteiger partial charge is 0.340 e. The summed E-state index contributed by atoms with van der Waals surface area (Å²) in [7, 11) is -3.88. The summed E-state index contributed by atoms with van der Waals surface area (Å²) in [5.74, 6) is -3.74. The van der Waals surface area contributed by atoms with Crippen LogP contribution in [0.25, 0.3) is 0 Å². The van der Waals surface area contributed by atoms with E-state index in [0.29, 0.717) is 6.07 Å². The zero-order valence-corrected chi connectivity index (χ0v) is 17.5. The van der Waals surface area contributed by atoms with Gasteiger partial charge in [0, 0.05) is 19.2 Å². The number of halogens is 3. The number of nitrogens with one attached hydrogen (secondary N) is 1. The maximum absolute atomic E-state index is 13.6. The molecule has 2 aromatic carbocycles. The third-order valence-electron chi connectivity index (χ3n) is 4.31. The van der Waals surface area contributed by atoms with Gasteiger partial charge in [-0.15, -0.1) is 0 Å². The minimum Gasteiger partial charge on any atom is -0.452 e. The molecular weight excluding hydrogens is 458 g/mol. The summed E-state index contributed by atoms with van der Waals surface area (Å²) in [5.41, 5.74) is -0.546. The highest BCUT2D eigenvalue weighted by Gasteiger charge is 2.28. The second-order valence-corrected chi connectivity index (χ2v) is 8.75. The van der Waals surface area contributed by atoms with Crippen LogP contribution in [0.15, 0.2) is 41.3 Å². The van der Waals surface area contributed by atoms with Gasteiger partial charge in [0.2, 0.25) is 10.0 Å². The zero-order chi connectivity index (χ0) is 22.6. The molecule has 0 aliphatic carbocycles. The Kier molecular flexibility index (Phi) is 7.21. The fourth-order valence-corrected chi connectivity index (χ4v) is 4.37. The van der Waals surface area contributed by atoms with Crippen LogP contribution in [0.1, 0.15) is 10.4 Å². The lowest BCUT2D eigenvalue weighted by molar-refractivity contribution is -0.119. The highest BCUT2D eigenvalue weighted by molar-refractivity contribution is 7.89. The van der Waals surface area contributed by atoms with Crippen LogP contribution >= 0.6 is 11.6 Å². The largest absolute Gasteiger partial charge is 0.452 e. The molecule has 12 heteroatoms. The van der Waals surface area contributed by atoms with Gasteiger partial charge < -0.3 is 14.8 Å². The summed E-state index contributed by atoms with van der Waals surface area (Å²) >= 11 is 5.99. The number of nitrogens with zero attached hydrogens (tertiary/aromatic N) is 1. The van der Waals surface area contributed by atoms with Crippen LogP contribution in [0.3, 0.4) is 0 Å². The predicted octanol–water partition coefficient (Wildman–Crippen LogP) is 2.43. The number of hydrogen-bond acceptors (Lipinski definition) is 6. The zero-order valence-electron chi connectivity index (χ0n) is 15.9. The standard InChI is InChI=1S/C19H17ClF2N2O6S/c20-15-3-2-13(31(27,28)24-5-7-29-8-6-24)10-14(15)19(26)30-11-18(25)23-17-4-1-12(21)9-16(17)22/h1-4,9-10H,5-8,11H2,(H,23,25). The Balaban J connectivity index is 1.68. The molecule has 1 heterocycles. The van der Waals surface area contributed by atoms with Crippen molar-refractivity contribution in [1.82, 2.24) is 4.31 Å². The first-order chi connectivity index (χ1) is 14.7. The Morgan fingerprint density at radius 2 is 1.84 bits per heavy atom. The first-order valence-corrected chi connectivity index (χ1v) is 10.8. The van der Waals surface area contributed by atoms with E-state index in [1.807, 2.05) is 0 Å². The van der Waals surface area contributed by atoms with Crippen LogP contribution in [-0.2, 0) is 24.3 Å². The van der Waals surface area contributed by atoms with E-state index in [-0.39, 0.29) is 47.5 Å². The highest BCUT2D eigenvalue weighted by Crippen LogP contribution is 2.24. The lowest BCUT2D eigenvalue weighted by atomic mass is 10.2. The molecule has 0 spiro atoms. The number of morpholine rings is 1. The van der Waals surface area contributed by atoms with E-state index in [1.165, 1.54) is 16.4 Å². The molecule has 1 N–H and O–H groups in total. The molecule has 31 heavy (non-hydrogen) atoms. The molecule has 0 aromatic heterocycles. The van der Waals surface area contributed by atoms with Gasteiger partial charge in [0.05, 0.1) is 34.4 Å². The summed E-state index contributed by atoms with van der Waals surface area (Å²) in [5, 5.41) is 2.06. The first-order valence-electron chi connectivity index (χ1n) is 8.98. The van der Waals surface area contributed by atoms with Crippen molar-refractivity contribution in [2.45, 2.75) is 4.90 Å². The van der Waals surface area contributed by atoms with Gasteiger partial charge in [0.25, 0.3) is 5.91 Å². The molecule has 8 nitrogen and oxygen atoms in total. The van der Waals surface area contributed by atoms with Crippen LogP contribution in [0.2, 0.25) is 5.02 Å². The van der Waals surface area contributed by atoms with Crippen molar-refractivity contribution < 1.29 is 36.3 Å². The van der Waals surface area contributed by atoms with E-state index in [0.717, 1.165) is 18.2 Å². The Bertz CT molecular complexity index is 1110. The Morgan fingerprint density at radius 1 is 1.13 bits per heavy atom. The fourth-order valence-electron chi connectivity index (χ4n) is 2.74. The van der Waals surface area contributed by atoms with Gasteiger partial charge >= 0.3 is 5.97 Å². The molecule has 3 rings (SSSR count). The molecule has 0 unspecified atom stereocenters. The van der Waals surface area contributed by atoms with Gasteiger partial charge in [0.15, 0.2) is 6.61 Å². The number of benzene rings is 2. The van der Waals surface area contributed by atoms with E-state index in [1.54, 1.807) is 0 Å². The lowest BCUT2D eigenvalue weighted by Gasteiger charge is -2.26. The third-order valence-corrected chi connectivity index (χ3v) is 6.53. The van der Waals surface area contributed by atoms with Gasteiger partial charge in [-0.25, -0.2) is 22.0 Å². The molecular formula is C19H17ClF2N2O6S. The number of carbonyl (C=O) groups excluding carboxylic acids is 2. The topological polar surface area (TPSA) is 102 Å². The maximum Gasteiger partial charge on any atom is 0.340 e. The summed E-state index contributed by atoms with van der Waals surface area (Å²) < 4.78 is 63.2. The molecule has 1 amide bonds. The summed E-state index contributed by atoms with van der Waals surface area (Å²) in [6, 6.07) is 6.11. The van der Waals surface area contributed by atoms with E-state index in [4.69, 9.17) is 21.1 Å². The minimum absolute atomic E-state index is 0.0732. The maximum atomic E-state index is 13.6. The van der Waals surface area contributed by atoms with Crippen molar-refractivity contribution in [1.29, 1.82) is 0 Å². The lowest BCUT2D eigenvalue weighted by Crippen LogP contribution is -2.40. The summed E-state index contributed by atoms with van der Waals surface area (Å²) in [6.45, 7) is 0.0547. The van der Waals surface area contributed by atoms with Gasteiger partial charge in [0.1, 0.15) is 11.6 Å². The normalized spacial score (nSPS) is 14.8. The molecule has 1 aliphatic rings. The van der Waals surface area contributed by atoms with Gasteiger partial charge in [-0.3, -0.25) is 4.79 Å². The number of sulfonamides is 1. The molecule has 1 saturated heterocycles.